The van der Waals surface area contributed by atoms with Crippen molar-refractivity contribution in [3.8, 4) is 5.75 Å². The predicted octanol–water partition coefficient (Wildman–Crippen LogP) is 3.71. The first-order chi connectivity index (χ1) is 11.4. The lowest BCUT2D eigenvalue weighted by Gasteiger charge is -2.16. The summed E-state index contributed by atoms with van der Waals surface area (Å²) in [6, 6.07) is 14.2. The van der Waals surface area contributed by atoms with Gasteiger partial charge in [-0.25, -0.2) is 0 Å². The predicted molar refractivity (Wildman–Crippen MR) is 95.7 cm³/mol. The van der Waals surface area contributed by atoms with Crippen LogP contribution in [0, 0.1) is 0 Å². The van der Waals surface area contributed by atoms with E-state index in [1.807, 2.05) is 26.0 Å². The third-order valence-corrected chi connectivity index (χ3v) is 3.43. The van der Waals surface area contributed by atoms with Crippen LogP contribution in [-0.2, 0) is 4.79 Å². The Hall–Kier alpha value is -2.82. The van der Waals surface area contributed by atoms with Crippen LogP contribution in [0.1, 0.15) is 31.1 Å². The zero-order valence-corrected chi connectivity index (χ0v) is 14.4. The van der Waals surface area contributed by atoms with Crippen molar-refractivity contribution in [2.75, 3.05) is 17.3 Å². The number of carbonyl (C=O) groups excluding carboxylic acids is 2. The van der Waals surface area contributed by atoms with E-state index in [1.54, 1.807) is 43.4 Å². The van der Waals surface area contributed by atoms with Crippen LogP contribution in [-0.4, -0.2) is 25.0 Å². The molecule has 0 fully saturated rings. The zero-order valence-electron chi connectivity index (χ0n) is 14.4. The molecule has 2 amide bonds. The van der Waals surface area contributed by atoms with Gasteiger partial charge in [0, 0.05) is 30.9 Å². The molecule has 5 nitrogen and oxygen atoms in total. The summed E-state index contributed by atoms with van der Waals surface area (Å²) >= 11 is 0. The van der Waals surface area contributed by atoms with E-state index in [4.69, 9.17) is 4.74 Å². The topological polar surface area (TPSA) is 58.6 Å². The minimum absolute atomic E-state index is 0.0436. The average Bonchev–Trinajstić information content (AvgIpc) is 2.54. The van der Waals surface area contributed by atoms with Gasteiger partial charge in [0.1, 0.15) is 5.75 Å². The molecule has 0 unspecified atom stereocenters. The number of nitrogens with one attached hydrogen (secondary N) is 1. The van der Waals surface area contributed by atoms with Gasteiger partial charge in [0.25, 0.3) is 5.91 Å². The number of hydrogen-bond acceptors (Lipinski definition) is 3. The fourth-order valence-corrected chi connectivity index (χ4v) is 2.16. The lowest BCUT2D eigenvalue weighted by Crippen LogP contribution is -2.23. The molecular weight excluding hydrogens is 304 g/mol. The fourth-order valence-electron chi connectivity index (χ4n) is 2.16. The number of nitrogens with zero attached hydrogens (tertiary/aromatic N) is 1. The van der Waals surface area contributed by atoms with Crippen molar-refractivity contribution in [3.05, 3.63) is 54.1 Å². The van der Waals surface area contributed by atoms with E-state index in [9.17, 15) is 9.59 Å². The summed E-state index contributed by atoms with van der Waals surface area (Å²) in [7, 11) is 1.69. The minimum atomic E-state index is -0.230. The quantitative estimate of drug-likeness (QED) is 0.911. The summed E-state index contributed by atoms with van der Waals surface area (Å²) in [4.78, 5) is 25.4. The largest absolute Gasteiger partial charge is 0.491 e. The van der Waals surface area contributed by atoms with Gasteiger partial charge in [-0.15, -0.1) is 0 Å². The molecular formula is C19H22N2O3. The highest BCUT2D eigenvalue weighted by Crippen LogP contribution is 2.20. The van der Waals surface area contributed by atoms with Gasteiger partial charge in [0.2, 0.25) is 5.91 Å². The maximum absolute atomic E-state index is 12.4. The molecule has 0 aliphatic heterocycles. The van der Waals surface area contributed by atoms with E-state index in [1.165, 1.54) is 11.8 Å². The van der Waals surface area contributed by atoms with Gasteiger partial charge < -0.3 is 15.0 Å². The van der Waals surface area contributed by atoms with E-state index in [0.717, 1.165) is 5.69 Å². The van der Waals surface area contributed by atoms with Gasteiger partial charge in [-0.2, -0.15) is 0 Å². The Kier molecular flexibility index (Phi) is 5.58. The van der Waals surface area contributed by atoms with E-state index in [2.05, 4.69) is 5.32 Å². The standard InChI is InChI=1S/C19H22N2O3/c1-13(2)24-18-10-5-7-15(11-18)19(23)20-16-8-6-9-17(12-16)21(4)14(3)22/h5-13H,1-4H3,(H,20,23). The van der Waals surface area contributed by atoms with Crippen molar-refractivity contribution in [3.63, 3.8) is 0 Å². The molecule has 0 aliphatic carbocycles. The summed E-state index contributed by atoms with van der Waals surface area (Å²) in [5.41, 5.74) is 1.86. The Bertz CT molecular complexity index is 741. The van der Waals surface area contributed by atoms with Crippen molar-refractivity contribution in [2.45, 2.75) is 26.9 Å². The number of ether oxygens (including phenoxy) is 1. The number of anilines is 2. The molecule has 0 radical (unpaired) electrons. The highest BCUT2D eigenvalue weighted by molar-refractivity contribution is 6.05. The molecule has 0 atom stereocenters. The molecule has 0 bridgehead atoms. The van der Waals surface area contributed by atoms with Crippen LogP contribution in [0.5, 0.6) is 5.75 Å². The Morgan fingerprint density at radius 3 is 2.46 bits per heavy atom. The summed E-state index contributed by atoms with van der Waals surface area (Å²) in [5, 5.41) is 2.84. The summed E-state index contributed by atoms with van der Waals surface area (Å²) in [6.45, 7) is 5.36. The van der Waals surface area contributed by atoms with Crippen LogP contribution in [0.15, 0.2) is 48.5 Å². The molecule has 24 heavy (non-hydrogen) atoms. The Balaban J connectivity index is 2.15. The molecule has 126 valence electrons. The van der Waals surface area contributed by atoms with Gasteiger partial charge in [0.15, 0.2) is 0 Å². The maximum Gasteiger partial charge on any atom is 0.255 e. The summed E-state index contributed by atoms with van der Waals surface area (Å²) in [5.74, 6) is 0.353. The molecule has 1 N–H and O–H groups in total. The third-order valence-electron chi connectivity index (χ3n) is 3.43. The third kappa shape index (κ3) is 4.59. The van der Waals surface area contributed by atoms with E-state index >= 15 is 0 Å². The van der Waals surface area contributed by atoms with Gasteiger partial charge in [0.05, 0.1) is 6.10 Å². The first-order valence-corrected chi connectivity index (χ1v) is 7.79. The fraction of sp³-hybridized carbons (Fsp3) is 0.263. The van der Waals surface area contributed by atoms with Crippen LogP contribution >= 0.6 is 0 Å². The molecule has 0 aliphatic rings. The monoisotopic (exact) mass is 326 g/mol. The molecule has 0 heterocycles. The van der Waals surface area contributed by atoms with E-state index in [0.29, 0.717) is 17.0 Å². The number of amides is 2. The number of benzene rings is 2. The van der Waals surface area contributed by atoms with Crippen molar-refractivity contribution >= 4 is 23.2 Å². The number of carbonyl (C=O) groups is 2. The van der Waals surface area contributed by atoms with Crippen molar-refractivity contribution in [1.82, 2.24) is 0 Å². The number of hydrogen-bond donors (Lipinski definition) is 1. The Labute approximate surface area is 142 Å². The highest BCUT2D eigenvalue weighted by atomic mass is 16.5. The summed E-state index contributed by atoms with van der Waals surface area (Å²) < 4.78 is 5.61. The molecule has 0 saturated heterocycles. The normalized spacial score (nSPS) is 10.4. The molecule has 2 aromatic carbocycles. The Morgan fingerprint density at radius 1 is 1.08 bits per heavy atom. The lowest BCUT2D eigenvalue weighted by atomic mass is 10.2. The van der Waals surface area contributed by atoms with E-state index < -0.39 is 0 Å². The molecule has 2 aromatic rings. The molecule has 5 heteroatoms. The van der Waals surface area contributed by atoms with Crippen LogP contribution < -0.4 is 15.0 Å². The Morgan fingerprint density at radius 2 is 1.79 bits per heavy atom. The van der Waals surface area contributed by atoms with Crippen molar-refractivity contribution < 1.29 is 14.3 Å². The lowest BCUT2D eigenvalue weighted by molar-refractivity contribution is -0.116. The van der Waals surface area contributed by atoms with Gasteiger partial charge in [-0.1, -0.05) is 12.1 Å². The second-order valence-electron chi connectivity index (χ2n) is 5.78. The molecule has 0 aromatic heterocycles. The minimum Gasteiger partial charge on any atom is -0.491 e. The maximum atomic E-state index is 12.4. The first-order valence-electron chi connectivity index (χ1n) is 7.79. The SMILES string of the molecule is CC(=O)N(C)c1cccc(NC(=O)c2cccc(OC(C)C)c2)c1. The average molecular weight is 326 g/mol. The van der Waals surface area contributed by atoms with Gasteiger partial charge >= 0.3 is 0 Å². The van der Waals surface area contributed by atoms with Crippen LogP contribution in [0.25, 0.3) is 0 Å². The smallest absolute Gasteiger partial charge is 0.255 e. The van der Waals surface area contributed by atoms with Gasteiger partial charge in [-0.05, 0) is 50.2 Å². The van der Waals surface area contributed by atoms with E-state index in [-0.39, 0.29) is 17.9 Å². The van der Waals surface area contributed by atoms with Crippen molar-refractivity contribution in [1.29, 1.82) is 0 Å². The van der Waals surface area contributed by atoms with Gasteiger partial charge in [-0.3, -0.25) is 9.59 Å². The number of rotatable bonds is 5. The van der Waals surface area contributed by atoms with Crippen molar-refractivity contribution in [2.24, 2.45) is 0 Å². The van der Waals surface area contributed by atoms with Crippen LogP contribution in [0.4, 0.5) is 11.4 Å². The second-order valence-corrected chi connectivity index (χ2v) is 5.78. The summed E-state index contributed by atoms with van der Waals surface area (Å²) in [6.07, 6.45) is 0.0436. The van der Waals surface area contributed by atoms with Crippen LogP contribution in [0.2, 0.25) is 0 Å². The molecule has 0 saturated carbocycles. The zero-order chi connectivity index (χ0) is 17.7. The molecule has 2 rings (SSSR count). The second kappa shape index (κ2) is 7.64. The molecule has 0 spiro atoms. The first kappa shape index (κ1) is 17.5. The highest BCUT2D eigenvalue weighted by Gasteiger charge is 2.10. The van der Waals surface area contributed by atoms with Crippen LogP contribution in [0.3, 0.4) is 0 Å².